The molecule has 0 aliphatic heterocycles. The van der Waals surface area contributed by atoms with Gasteiger partial charge in [-0.1, -0.05) is 6.07 Å². The smallest absolute Gasteiger partial charge is 0.338 e. The third-order valence-electron chi connectivity index (χ3n) is 3.91. The quantitative estimate of drug-likeness (QED) is 0.633. The molecule has 2 aromatic carbocycles. The molecule has 0 saturated heterocycles. The van der Waals surface area contributed by atoms with Gasteiger partial charge in [-0.25, -0.2) is 13.2 Å². The largest absolute Gasteiger partial charge is 0.468 e. The number of ether oxygens (including phenoxy) is 2. The summed E-state index contributed by atoms with van der Waals surface area (Å²) >= 11 is 0. The number of hydrogen-bond acceptors (Lipinski definition) is 7. The average Bonchev–Trinajstić information content (AvgIpc) is 2.72. The molecule has 0 atom stereocenters. The number of esters is 2. The minimum Gasteiger partial charge on any atom is -0.468 e. The molecule has 2 rings (SSSR count). The number of rotatable bonds is 8. The molecule has 1 amide bonds. The van der Waals surface area contributed by atoms with Gasteiger partial charge in [-0.3, -0.25) is 13.9 Å². The van der Waals surface area contributed by atoms with Gasteiger partial charge in [0.1, 0.15) is 6.54 Å². The SMILES string of the molecule is CCOC(=O)c1cccc(N(CC(=O)OC)S(=O)(=O)c2ccc(NC(C)=O)cc2)c1. The minimum absolute atomic E-state index is 0.0943. The van der Waals surface area contributed by atoms with Gasteiger partial charge < -0.3 is 14.8 Å². The molecule has 1 N–H and O–H groups in total. The maximum Gasteiger partial charge on any atom is 0.338 e. The van der Waals surface area contributed by atoms with Gasteiger partial charge in [-0.15, -0.1) is 0 Å². The fraction of sp³-hybridized carbons (Fsp3) is 0.250. The molecule has 0 aromatic heterocycles. The fourth-order valence-corrected chi connectivity index (χ4v) is 3.94. The second-order valence-electron chi connectivity index (χ2n) is 6.06. The molecule has 30 heavy (non-hydrogen) atoms. The van der Waals surface area contributed by atoms with Crippen molar-refractivity contribution >= 4 is 39.2 Å². The summed E-state index contributed by atoms with van der Waals surface area (Å²) in [6, 6.07) is 11.2. The third kappa shape index (κ3) is 5.57. The van der Waals surface area contributed by atoms with Gasteiger partial charge >= 0.3 is 11.9 Å². The van der Waals surface area contributed by atoms with Crippen LogP contribution in [0.15, 0.2) is 53.4 Å². The molecular weight excluding hydrogens is 412 g/mol. The van der Waals surface area contributed by atoms with Gasteiger partial charge in [0.05, 0.1) is 29.9 Å². The Bertz CT molecular complexity index is 1030. The van der Waals surface area contributed by atoms with E-state index in [1.807, 2.05) is 0 Å². The Morgan fingerprint density at radius 1 is 1.07 bits per heavy atom. The molecule has 0 aliphatic carbocycles. The van der Waals surface area contributed by atoms with Crippen molar-refractivity contribution in [1.82, 2.24) is 0 Å². The number of nitrogens with zero attached hydrogens (tertiary/aromatic N) is 1. The lowest BCUT2D eigenvalue weighted by atomic mass is 10.2. The summed E-state index contributed by atoms with van der Waals surface area (Å²) in [5.74, 6) is -1.70. The van der Waals surface area contributed by atoms with Crippen LogP contribution in [0.4, 0.5) is 11.4 Å². The second kappa shape index (κ2) is 9.88. The second-order valence-corrected chi connectivity index (χ2v) is 7.93. The zero-order chi connectivity index (χ0) is 22.3. The van der Waals surface area contributed by atoms with Crippen LogP contribution >= 0.6 is 0 Å². The van der Waals surface area contributed by atoms with Crippen LogP contribution in [0, 0.1) is 0 Å². The first-order chi connectivity index (χ1) is 14.2. The topological polar surface area (TPSA) is 119 Å². The highest BCUT2D eigenvalue weighted by Gasteiger charge is 2.28. The summed E-state index contributed by atoms with van der Waals surface area (Å²) in [6.45, 7) is 2.55. The number of amides is 1. The Balaban J connectivity index is 2.48. The molecule has 0 saturated carbocycles. The van der Waals surface area contributed by atoms with Crippen LogP contribution in [0.2, 0.25) is 0 Å². The number of methoxy groups -OCH3 is 1. The van der Waals surface area contributed by atoms with E-state index in [-0.39, 0.29) is 28.7 Å². The summed E-state index contributed by atoms with van der Waals surface area (Å²) in [6.07, 6.45) is 0. The summed E-state index contributed by atoms with van der Waals surface area (Å²) < 4.78 is 36.9. The Morgan fingerprint density at radius 2 is 1.73 bits per heavy atom. The van der Waals surface area contributed by atoms with E-state index >= 15 is 0 Å². The number of benzene rings is 2. The van der Waals surface area contributed by atoms with Crippen LogP contribution in [0.3, 0.4) is 0 Å². The number of carbonyl (C=O) groups excluding carboxylic acids is 3. The van der Waals surface area contributed by atoms with E-state index in [9.17, 15) is 22.8 Å². The average molecular weight is 434 g/mol. The first-order valence-corrected chi connectivity index (χ1v) is 10.4. The van der Waals surface area contributed by atoms with Crippen molar-refractivity contribution in [2.45, 2.75) is 18.7 Å². The Labute approximate surface area is 174 Å². The van der Waals surface area contributed by atoms with Crippen LogP contribution in [0.5, 0.6) is 0 Å². The molecule has 0 bridgehead atoms. The Kier molecular flexibility index (Phi) is 7.54. The van der Waals surface area contributed by atoms with Crippen LogP contribution < -0.4 is 9.62 Å². The summed E-state index contributed by atoms with van der Waals surface area (Å²) in [4.78, 5) is 35.0. The molecule has 0 aliphatic rings. The van der Waals surface area contributed by atoms with Crippen molar-refractivity contribution in [3.8, 4) is 0 Å². The predicted molar refractivity (Wildman–Crippen MR) is 110 cm³/mol. The van der Waals surface area contributed by atoms with Gasteiger partial charge in [0, 0.05) is 12.6 Å². The molecule has 0 spiro atoms. The molecule has 0 radical (unpaired) electrons. The molecule has 2 aromatic rings. The predicted octanol–water partition coefficient (Wildman–Crippen LogP) is 2.19. The number of anilines is 2. The number of nitrogens with one attached hydrogen (secondary N) is 1. The summed E-state index contributed by atoms with van der Waals surface area (Å²) in [7, 11) is -3.05. The van der Waals surface area contributed by atoms with E-state index < -0.39 is 28.5 Å². The van der Waals surface area contributed by atoms with E-state index in [1.165, 1.54) is 55.5 Å². The maximum absolute atomic E-state index is 13.2. The van der Waals surface area contributed by atoms with Gasteiger partial charge in [0.2, 0.25) is 5.91 Å². The van der Waals surface area contributed by atoms with Crippen molar-refractivity contribution in [2.24, 2.45) is 0 Å². The highest BCUT2D eigenvalue weighted by Crippen LogP contribution is 2.26. The van der Waals surface area contributed by atoms with E-state index in [2.05, 4.69) is 10.1 Å². The lowest BCUT2D eigenvalue weighted by molar-refractivity contribution is -0.138. The van der Waals surface area contributed by atoms with Crippen LogP contribution in [-0.2, 0) is 29.1 Å². The lowest BCUT2D eigenvalue weighted by Gasteiger charge is -2.24. The first kappa shape index (κ1) is 22.9. The van der Waals surface area contributed by atoms with Gasteiger partial charge in [-0.2, -0.15) is 0 Å². The zero-order valence-corrected chi connectivity index (χ0v) is 17.6. The van der Waals surface area contributed by atoms with Crippen LogP contribution in [-0.4, -0.2) is 46.5 Å². The van der Waals surface area contributed by atoms with Gasteiger partial charge in [0.15, 0.2) is 0 Å². The van der Waals surface area contributed by atoms with Gasteiger partial charge in [0.25, 0.3) is 10.0 Å². The van der Waals surface area contributed by atoms with Crippen molar-refractivity contribution in [3.63, 3.8) is 0 Å². The van der Waals surface area contributed by atoms with Crippen LogP contribution in [0.1, 0.15) is 24.2 Å². The fourth-order valence-electron chi connectivity index (χ4n) is 2.54. The van der Waals surface area contributed by atoms with E-state index in [4.69, 9.17) is 4.74 Å². The number of carbonyl (C=O) groups is 3. The first-order valence-electron chi connectivity index (χ1n) is 8.93. The minimum atomic E-state index is -4.19. The van der Waals surface area contributed by atoms with E-state index in [0.29, 0.717) is 5.69 Å². The molecule has 160 valence electrons. The molecule has 0 unspecified atom stereocenters. The normalized spacial score (nSPS) is 10.8. The molecule has 9 nitrogen and oxygen atoms in total. The van der Waals surface area contributed by atoms with Crippen LogP contribution in [0.25, 0.3) is 0 Å². The number of hydrogen-bond donors (Lipinski definition) is 1. The Hall–Kier alpha value is -3.40. The highest BCUT2D eigenvalue weighted by molar-refractivity contribution is 7.92. The van der Waals surface area contributed by atoms with Crippen molar-refractivity contribution in [3.05, 3.63) is 54.1 Å². The summed E-state index contributed by atoms with van der Waals surface area (Å²) in [5.41, 5.74) is 0.655. The highest BCUT2D eigenvalue weighted by atomic mass is 32.2. The monoisotopic (exact) mass is 434 g/mol. The molecule has 0 fully saturated rings. The summed E-state index contributed by atoms with van der Waals surface area (Å²) in [5, 5.41) is 2.54. The zero-order valence-electron chi connectivity index (χ0n) is 16.7. The Morgan fingerprint density at radius 3 is 2.30 bits per heavy atom. The lowest BCUT2D eigenvalue weighted by Crippen LogP contribution is -2.36. The standard InChI is InChI=1S/C20H22N2O7S/c1-4-29-20(25)15-6-5-7-17(12-15)22(13-19(24)28-3)30(26,27)18-10-8-16(9-11-18)21-14(2)23/h5-12H,4,13H2,1-3H3,(H,21,23). The van der Waals surface area contributed by atoms with E-state index in [1.54, 1.807) is 6.92 Å². The van der Waals surface area contributed by atoms with E-state index in [0.717, 1.165) is 11.4 Å². The van der Waals surface area contributed by atoms with Crippen molar-refractivity contribution in [1.29, 1.82) is 0 Å². The maximum atomic E-state index is 13.2. The number of sulfonamides is 1. The molecule has 0 heterocycles. The molecule has 10 heteroatoms. The third-order valence-corrected chi connectivity index (χ3v) is 5.70. The van der Waals surface area contributed by atoms with Crippen molar-refractivity contribution < 1.29 is 32.3 Å². The molecular formula is C20H22N2O7S. The van der Waals surface area contributed by atoms with Gasteiger partial charge in [-0.05, 0) is 49.4 Å². The van der Waals surface area contributed by atoms with Crippen molar-refractivity contribution in [2.75, 3.05) is 29.9 Å².